The highest BCUT2D eigenvalue weighted by Crippen LogP contribution is 2.59. The molecule has 1 amide bonds. The van der Waals surface area contributed by atoms with Crippen molar-refractivity contribution in [1.29, 1.82) is 0 Å². The van der Waals surface area contributed by atoms with Crippen LogP contribution >= 0.6 is 0 Å². The number of carbonyl (C=O) groups is 2. The Bertz CT molecular complexity index is 623. The summed E-state index contributed by atoms with van der Waals surface area (Å²) in [4.78, 5) is 25.6. The van der Waals surface area contributed by atoms with E-state index < -0.39 is 23.2 Å². The molecule has 1 fully saturated rings. The lowest BCUT2D eigenvalue weighted by molar-refractivity contribution is -0.140. The van der Waals surface area contributed by atoms with Crippen molar-refractivity contribution in [2.45, 2.75) is 26.7 Å². The topological polar surface area (TPSA) is 77.8 Å². The number of amides is 1. The number of para-hydroxylation sites is 1. The van der Waals surface area contributed by atoms with E-state index >= 15 is 0 Å². The summed E-state index contributed by atoms with van der Waals surface area (Å²) in [6.07, 6.45) is 1.65. The van der Waals surface area contributed by atoms with Gasteiger partial charge in [0.1, 0.15) is 5.75 Å². The molecule has 0 spiro atoms. The first-order valence-corrected chi connectivity index (χ1v) is 7.20. The molecule has 5 nitrogen and oxygen atoms in total. The molecule has 0 unspecified atom stereocenters. The molecule has 1 aromatic carbocycles. The third kappa shape index (κ3) is 1.99. The number of carboxylic acid groups (broad SMARTS) is 1. The number of phenols is 1. The number of phenolic OH excluding ortho intramolecular Hbond substituents is 1. The van der Waals surface area contributed by atoms with Crippen LogP contribution in [0.15, 0.2) is 18.2 Å². The van der Waals surface area contributed by atoms with Crippen LogP contribution in [0.25, 0.3) is 0 Å². The van der Waals surface area contributed by atoms with E-state index in [0.29, 0.717) is 12.2 Å². The van der Waals surface area contributed by atoms with Crippen molar-refractivity contribution in [2.24, 2.45) is 17.3 Å². The van der Waals surface area contributed by atoms with E-state index in [9.17, 15) is 19.8 Å². The van der Waals surface area contributed by atoms with Crippen molar-refractivity contribution < 1.29 is 19.8 Å². The smallest absolute Gasteiger partial charge is 0.307 e. The fraction of sp³-hybridized carbons (Fsp3) is 0.500. The maximum atomic E-state index is 12.8. The van der Waals surface area contributed by atoms with E-state index in [1.807, 2.05) is 19.9 Å². The van der Waals surface area contributed by atoms with E-state index in [4.69, 9.17) is 0 Å². The molecular weight excluding hydrogens is 270 g/mol. The monoisotopic (exact) mass is 289 g/mol. The van der Waals surface area contributed by atoms with Crippen molar-refractivity contribution in [3.8, 4) is 5.75 Å². The van der Waals surface area contributed by atoms with E-state index in [1.165, 1.54) is 0 Å². The first-order chi connectivity index (χ1) is 9.85. The lowest BCUT2D eigenvalue weighted by Crippen LogP contribution is -2.37. The highest BCUT2D eigenvalue weighted by atomic mass is 16.4. The Hall–Kier alpha value is -2.04. The molecule has 21 heavy (non-hydrogen) atoms. The van der Waals surface area contributed by atoms with E-state index in [2.05, 4.69) is 0 Å². The van der Waals surface area contributed by atoms with Crippen LogP contribution in [0.3, 0.4) is 0 Å². The second-order valence-electron chi connectivity index (χ2n) is 6.49. The molecule has 1 aliphatic carbocycles. The standard InChI is InChI=1S/C16H19NO4/c1-16(2)11(12(16)15(20)21)14(19)17-8-4-6-9-5-3-7-10(18)13(9)17/h3,5,7,11-12,18H,4,6,8H2,1-2H3,(H,20,21)/t11-,12+/m1/s1. The van der Waals surface area contributed by atoms with Crippen LogP contribution in [0, 0.1) is 17.3 Å². The minimum atomic E-state index is -0.923. The van der Waals surface area contributed by atoms with Gasteiger partial charge in [-0.3, -0.25) is 9.59 Å². The van der Waals surface area contributed by atoms with Gasteiger partial charge in [0.05, 0.1) is 17.5 Å². The van der Waals surface area contributed by atoms with Crippen molar-refractivity contribution in [1.82, 2.24) is 0 Å². The summed E-state index contributed by atoms with van der Waals surface area (Å²) in [5.41, 5.74) is 0.978. The number of rotatable bonds is 2. The number of nitrogens with zero attached hydrogens (tertiary/aromatic N) is 1. The maximum absolute atomic E-state index is 12.8. The normalized spacial score (nSPS) is 26.1. The van der Waals surface area contributed by atoms with Gasteiger partial charge in [0.15, 0.2) is 0 Å². The SMILES string of the molecule is CC1(C)[C@H](C(=O)O)[C@@H]1C(=O)N1CCCc2cccc(O)c21. The summed E-state index contributed by atoms with van der Waals surface area (Å²) in [5.74, 6) is -2.17. The van der Waals surface area contributed by atoms with Gasteiger partial charge in [-0.05, 0) is 29.9 Å². The molecule has 0 radical (unpaired) electrons. The van der Waals surface area contributed by atoms with Crippen LogP contribution in [0.1, 0.15) is 25.8 Å². The number of carboxylic acids is 1. The molecule has 0 aromatic heterocycles. The van der Waals surface area contributed by atoms with E-state index in [-0.39, 0.29) is 11.7 Å². The second-order valence-corrected chi connectivity index (χ2v) is 6.49. The van der Waals surface area contributed by atoms with Crippen molar-refractivity contribution >= 4 is 17.6 Å². The number of carbonyl (C=O) groups excluding carboxylic acids is 1. The number of hydrogen-bond acceptors (Lipinski definition) is 3. The van der Waals surface area contributed by atoms with Gasteiger partial charge in [0, 0.05) is 6.54 Å². The molecule has 0 saturated heterocycles. The molecule has 1 aliphatic heterocycles. The Morgan fingerprint density at radius 3 is 2.62 bits per heavy atom. The minimum absolute atomic E-state index is 0.0888. The molecule has 5 heteroatoms. The van der Waals surface area contributed by atoms with E-state index in [0.717, 1.165) is 18.4 Å². The largest absolute Gasteiger partial charge is 0.506 e. The van der Waals surface area contributed by atoms with Gasteiger partial charge in [-0.1, -0.05) is 26.0 Å². The second kappa shape index (κ2) is 4.48. The van der Waals surface area contributed by atoms with Crippen LogP contribution in [0.4, 0.5) is 5.69 Å². The van der Waals surface area contributed by atoms with Gasteiger partial charge < -0.3 is 15.1 Å². The van der Waals surface area contributed by atoms with Crippen molar-refractivity contribution in [2.75, 3.05) is 11.4 Å². The number of aryl methyl sites for hydroxylation is 1. The average molecular weight is 289 g/mol. The van der Waals surface area contributed by atoms with Gasteiger partial charge in [0.25, 0.3) is 0 Å². The average Bonchev–Trinajstić information content (AvgIpc) is 3.01. The summed E-state index contributed by atoms with van der Waals surface area (Å²) in [5, 5.41) is 19.3. The summed E-state index contributed by atoms with van der Waals surface area (Å²) in [7, 11) is 0. The summed E-state index contributed by atoms with van der Waals surface area (Å²) < 4.78 is 0. The molecule has 112 valence electrons. The Kier molecular flexibility index (Phi) is 2.97. The summed E-state index contributed by atoms with van der Waals surface area (Å²) in [6.45, 7) is 4.15. The van der Waals surface area contributed by atoms with Crippen molar-refractivity contribution in [3.05, 3.63) is 23.8 Å². The predicted octanol–water partition coefficient (Wildman–Crippen LogP) is 2.03. The third-order valence-corrected chi connectivity index (χ3v) is 4.82. The molecular formula is C16H19NO4. The zero-order chi connectivity index (χ0) is 15.4. The number of benzene rings is 1. The number of aliphatic carboxylic acids is 1. The lowest BCUT2D eigenvalue weighted by atomic mass is 9.99. The molecule has 2 aliphatic rings. The molecule has 2 N–H and O–H groups in total. The fourth-order valence-corrected chi connectivity index (χ4v) is 3.58. The third-order valence-electron chi connectivity index (χ3n) is 4.82. The van der Waals surface area contributed by atoms with Crippen LogP contribution in [-0.2, 0) is 16.0 Å². The van der Waals surface area contributed by atoms with Crippen LogP contribution in [-0.4, -0.2) is 28.6 Å². The zero-order valence-corrected chi connectivity index (χ0v) is 12.2. The maximum Gasteiger partial charge on any atom is 0.307 e. The number of fused-ring (bicyclic) bond motifs is 1. The van der Waals surface area contributed by atoms with Crippen LogP contribution < -0.4 is 4.90 Å². The van der Waals surface area contributed by atoms with Gasteiger partial charge in [-0.2, -0.15) is 0 Å². The van der Waals surface area contributed by atoms with Gasteiger partial charge in [0.2, 0.25) is 5.91 Å². The fourth-order valence-electron chi connectivity index (χ4n) is 3.58. The van der Waals surface area contributed by atoms with Crippen molar-refractivity contribution in [3.63, 3.8) is 0 Å². The number of hydrogen-bond donors (Lipinski definition) is 2. The quantitative estimate of drug-likeness (QED) is 0.873. The minimum Gasteiger partial charge on any atom is -0.506 e. The molecule has 1 aromatic rings. The molecule has 3 rings (SSSR count). The Morgan fingerprint density at radius 1 is 1.29 bits per heavy atom. The van der Waals surface area contributed by atoms with Crippen LogP contribution in [0.2, 0.25) is 0 Å². The van der Waals surface area contributed by atoms with Gasteiger partial charge in [-0.25, -0.2) is 0 Å². The van der Waals surface area contributed by atoms with E-state index in [1.54, 1.807) is 17.0 Å². The number of aromatic hydroxyl groups is 1. The first kappa shape index (κ1) is 13.9. The summed E-state index contributed by atoms with van der Waals surface area (Å²) >= 11 is 0. The Morgan fingerprint density at radius 2 is 2.00 bits per heavy atom. The lowest BCUT2D eigenvalue weighted by Gasteiger charge is -2.30. The van der Waals surface area contributed by atoms with Gasteiger partial charge in [-0.15, -0.1) is 0 Å². The highest BCUT2D eigenvalue weighted by Gasteiger charge is 2.66. The zero-order valence-electron chi connectivity index (χ0n) is 12.2. The van der Waals surface area contributed by atoms with Crippen LogP contribution in [0.5, 0.6) is 5.75 Å². The molecule has 1 saturated carbocycles. The highest BCUT2D eigenvalue weighted by molar-refractivity contribution is 6.03. The summed E-state index contributed by atoms with van der Waals surface area (Å²) in [6, 6.07) is 5.24. The van der Waals surface area contributed by atoms with Gasteiger partial charge >= 0.3 is 5.97 Å². The Labute approximate surface area is 123 Å². The number of anilines is 1. The Balaban J connectivity index is 1.94. The molecule has 0 bridgehead atoms. The molecule has 1 heterocycles. The molecule has 2 atom stereocenters. The first-order valence-electron chi connectivity index (χ1n) is 7.20. The predicted molar refractivity (Wildman–Crippen MR) is 77.2 cm³/mol.